The van der Waals surface area contributed by atoms with Gasteiger partial charge in [0, 0.05) is 0 Å². The fraction of sp³-hybridized carbons (Fsp3) is 0.300. The van der Waals surface area contributed by atoms with Gasteiger partial charge in [-0.3, -0.25) is 4.79 Å². The fourth-order valence-electron chi connectivity index (χ4n) is 1.08. The minimum absolute atomic E-state index is 0.0503. The number of carbonyl (C=O) groups excluding carboxylic acids is 1. The van der Waals surface area contributed by atoms with Crippen molar-refractivity contribution in [3.05, 3.63) is 29.8 Å². The molecule has 0 amide bonds. The van der Waals surface area contributed by atoms with Crippen LogP contribution in [0, 0.1) is 0 Å². The van der Waals surface area contributed by atoms with Gasteiger partial charge in [-0.15, -0.1) is 0 Å². The molecule has 0 fully saturated rings. The van der Waals surface area contributed by atoms with E-state index in [4.69, 9.17) is 0 Å². The number of carbonyl (C=O) groups is 1. The molecule has 13 heavy (non-hydrogen) atoms. The average molecular weight is 179 g/mol. The van der Waals surface area contributed by atoms with E-state index in [0.29, 0.717) is 12.1 Å². The molecular weight excluding hydrogens is 166 g/mol. The van der Waals surface area contributed by atoms with Gasteiger partial charge in [0.05, 0.1) is 12.1 Å². The molecule has 1 aromatic rings. The highest BCUT2D eigenvalue weighted by molar-refractivity contribution is 5.99. The van der Waals surface area contributed by atoms with Crippen LogP contribution in [-0.4, -0.2) is 36.4 Å². The lowest BCUT2D eigenvalue weighted by molar-refractivity contribution is 0.0955. The zero-order valence-electron chi connectivity index (χ0n) is 7.82. The maximum atomic E-state index is 11.5. The maximum Gasteiger partial charge on any atom is 0.180 e. The molecule has 0 aromatic heterocycles. The lowest BCUT2D eigenvalue weighted by Crippen LogP contribution is -2.21. The van der Waals surface area contributed by atoms with Gasteiger partial charge in [-0.2, -0.15) is 0 Å². The molecule has 0 bridgehead atoms. The Morgan fingerprint density at radius 1 is 1.38 bits per heavy atom. The summed E-state index contributed by atoms with van der Waals surface area (Å²) in [5, 5.41) is 9.35. The summed E-state index contributed by atoms with van der Waals surface area (Å²) in [6.45, 7) is 0.317. The lowest BCUT2D eigenvalue weighted by atomic mass is 10.1. The van der Waals surface area contributed by atoms with Gasteiger partial charge in [0.1, 0.15) is 5.75 Å². The zero-order chi connectivity index (χ0) is 9.84. The SMILES string of the molecule is CN(C)CC(=O)c1ccccc1O. The maximum absolute atomic E-state index is 11.5. The minimum Gasteiger partial charge on any atom is -0.507 e. The Balaban J connectivity index is 2.83. The first-order valence-electron chi connectivity index (χ1n) is 4.07. The highest BCUT2D eigenvalue weighted by Crippen LogP contribution is 2.15. The Morgan fingerprint density at radius 3 is 2.54 bits per heavy atom. The molecule has 3 nitrogen and oxygen atoms in total. The Morgan fingerprint density at radius 2 is 2.00 bits per heavy atom. The molecule has 0 radical (unpaired) electrons. The number of phenols is 1. The second-order valence-corrected chi connectivity index (χ2v) is 3.18. The van der Waals surface area contributed by atoms with Gasteiger partial charge in [0.15, 0.2) is 5.78 Å². The number of aromatic hydroxyl groups is 1. The van der Waals surface area contributed by atoms with Crippen LogP contribution in [-0.2, 0) is 0 Å². The molecule has 1 N–H and O–H groups in total. The molecular formula is C10H13NO2. The molecule has 1 aromatic carbocycles. The molecule has 70 valence electrons. The number of para-hydroxylation sites is 1. The fourth-order valence-corrected chi connectivity index (χ4v) is 1.08. The standard InChI is InChI=1S/C10H13NO2/c1-11(2)7-10(13)8-5-3-4-6-9(8)12/h3-6,12H,7H2,1-2H3. The van der Waals surface area contributed by atoms with Gasteiger partial charge in [-0.25, -0.2) is 0 Å². The average Bonchev–Trinajstić information content (AvgIpc) is 2.03. The van der Waals surface area contributed by atoms with E-state index in [1.54, 1.807) is 23.1 Å². The summed E-state index contributed by atoms with van der Waals surface area (Å²) in [5.41, 5.74) is 0.385. The van der Waals surface area contributed by atoms with Crippen LogP contribution < -0.4 is 0 Å². The summed E-state index contributed by atoms with van der Waals surface area (Å²) in [5.74, 6) is -0.0162. The van der Waals surface area contributed by atoms with Crippen molar-refractivity contribution in [2.75, 3.05) is 20.6 Å². The van der Waals surface area contributed by atoms with Gasteiger partial charge < -0.3 is 10.0 Å². The number of benzene rings is 1. The summed E-state index contributed by atoms with van der Waals surface area (Å²) >= 11 is 0. The minimum atomic E-state index is -0.0666. The van der Waals surface area contributed by atoms with E-state index >= 15 is 0 Å². The first-order chi connectivity index (χ1) is 6.11. The van der Waals surface area contributed by atoms with E-state index in [1.807, 2.05) is 14.1 Å². The largest absolute Gasteiger partial charge is 0.507 e. The van der Waals surface area contributed by atoms with E-state index in [-0.39, 0.29) is 11.5 Å². The first kappa shape index (κ1) is 9.74. The predicted molar refractivity (Wildman–Crippen MR) is 51.0 cm³/mol. The van der Waals surface area contributed by atoms with E-state index in [9.17, 15) is 9.90 Å². The molecule has 0 spiro atoms. The van der Waals surface area contributed by atoms with Crippen LogP contribution in [0.15, 0.2) is 24.3 Å². The third-order valence-corrected chi connectivity index (χ3v) is 1.66. The summed E-state index contributed by atoms with van der Waals surface area (Å²) in [6.07, 6.45) is 0. The van der Waals surface area contributed by atoms with Gasteiger partial charge >= 0.3 is 0 Å². The molecule has 0 aliphatic rings. The predicted octanol–water partition coefficient (Wildman–Crippen LogP) is 1.14. The molecule has 1 rings (SSSR count). The van der Waals surface area contributed by atoms with Crippen molar-refractivity contribution in [2.24, 2.45) is 0 Å². The third-order valence-electron chi connectivity index (χ3n) is 1.66. The molecule has 3 heteroatoms. The van der Waals surface area contributed by atoms with E-state index < -0.39 is 0 Å². The van der Waals surface area contributed by atoms with E-state index in [1.165, 1.54) is 6.07 Å². The van der Waals surface area contributed by atoms with Crippen LogP contribution in [0.2, 0.25) is 0 Å². The van der Waals surface area contributed by atoms with Crippen LogP contribution in [0.25, 0.3) is 0 Å². The number of nitrogens with zero attached hydrogens (tertiary/aromatic N) is 1. The van der Waals surface area contributed by atoms with Crippen molar-refractivity contribution < 1.29 is 9.90 Å². The van der Waals surface area contributed by atoms with Crippen molar-refractivity contribution in [3.8, 4) is 5.75 Å². The number of likely N-dealkylation sites (N-methyl/N-ethyl adjacent to an activating group) is 1. The van der Waals surface area contributed by atoms with E-state index in [0.717, 1.165) is 0 Å². The molecule has 0 saturated carbocycles. The van der Waals surface area contributed by atoms with Gasteiger partial charge in [-0.05, 0) is 26.2 Å². The van der Waals surface area contributed by atoms with Gasteiger partial charge in [-0.1, -0.05) is 12.1 Å². The zero-order valence-corrected chi connectivity index (χ0v) is 7.82. The molecule has 0 aliphatic carbocycles. The topological polar surface area (TPSA) is 40.5 Å². The second kappa shape index (κ2) is 4.05. The van der Waals surface area contributed by atoms with Crippen LogP contribution in [0.5, 0.6) is 5.75 Å². The monoisotopic (exact) mass is 179 g/mol. The summed E-state index contributed by atoms with van der Waals surface area (Å²) in [4.78, 5) is 13.2. The number of hydrogen-bond acceptors (Lipinski definition) is 3. The second-order valence-electron chi connectivity index (χ2n) is 3.18. The van der Waals surface area contributed by atoms with Crippen molar-refractivity contribution in [1.29, 1.82) is 0 Å². The number of phenolic OH excluding ortho intramolecular Hbond substituents is 1. The van der Waals surface area contributed by atoms with Crippen molar-refractivity contribution in [1.82, 2.24) is 4.90 Å². The molecule has 0 aliphatic heterocycles. The Kier molecular flexibility index (Phi) is 3.03. The molecule has 0 unspecified atom stereocenters. The molecule has 0 saturated heterocycles. The molecule has 0 atom stereocenters. The number of rotatable bonds is 3. The molecule has 0 heterocycles. The Hall–Kier alpha value is -1.35. The van der Waals surface area contributed by atoms with Gasteiger partial charge in [0.2, 0.25) is 0 Å². The number of hydrogen-bond donors (Lipinski definition) is 1. The van der Waals surface area contributed by atoms with Crippen molar-refractivity contribution in [3.63, 3.8) is 0 Å². The summed E-state index contributed by atoms with van der Waals surface area (Å²) < 4.78 is 0. The Bertz CT molecular complexity index is 308. The van der Waals surface area contributed by atoms with Crippen LogP contribution >= 0.6 is 0 Å². The lowest BCUT2D eigenvalue weighted by Gasteiger charge is -2.08. The van der Waals surface area contributed by atoms with E-state index in [2.05, 4.69) is 0 Å². The first-order valence-corrected chi connectivity index (χ1v) is 4.07. The smallest absolute Gasteiger partial charge is 0.180 e. The van der Waals surface area contributed by atoms with Crippen molar-refractivity contribution >= 4 is 5.78 Å². The Labute approximate surface area is 77.6 Å². The highest BCUT2D eigenvalue weighted by atomic mass is 16.3. The number of Topliss-reactive ketones (excluding diaryl/α,β-unsaturated/α-hetero) is 1. The van der Waals surface area contributed by atoms with Crippen molar-refractivity contribution in [2.45, 2.75) is 0 Å². The van der Waals surface area contributed by atoms with Crippen LogP contribution in [0.3, 0.4) is 0 Å². The normalized spacial score (nSPS) is 10.4. The van der Waals surface area contributed by atoms with Gasteiger partial charge in [0.25, 0.3) is 0 Å². The third kappa shape index (κ3) is 2.56. The van der Waals surface area contributed by atoms with Crippen LogP contribution in [0.4, 0.5) is 0 Å². The number of ketones is 1. The van der Waals surface area contributed by atoms with Crippen LogP contribution in [0.1, 0.15) is 10.4 Å². The summed E-state index contributed by atoms with van der Waals surface area (Å²) in [6, 6.07) is 6.58. The highest BCUT2D eigenvalue weighted by Gasteiger charge is 2.10. The quantitative estimate of drug-likeness (QED) is 0.707. The summed E-state index contributed by atoms with van der Waals surface area (Å²) in [7, 11) is 3.63.